The standard InChI is InChI=1S/C14H11Cl2N3/c15-11-2-1-3-12(16)10(11)7-17-9-4-5-13-14(6-9)19-8-18-13/h1-6,8,17H,7H2,(H,18,19). The van der Waals surface area contributed by atoms with Crippen LogP contribution in [-0.4, -0.2) is 9.97 Å². The van der Waals surface area contributed by atoms with Crippen LogP contribution < -0.4 is 5.32 Å². The van der Waals surface area contributed by atoms with Gasteiger partial charge in [-0.15, -0.1) is 0 Å². The first-order valence-electron chi connectivity index (χ1n) is 5.84. The molecule has 0 atom stereocenters. The van der Waals surface area contributed by atoms with Gasteiger partial charge in [0.1, 0.15) is 0 Å². The second-order valence-corrected chi connectivity index (χ2v) is 5.00. The highest BCUT2D eigenvalue weighted by Crippen LogP contribution is 2.25. The minimum Gasteiger partial charge on any atom is -0.381 e. The van der Waals surface area contributed by atoms with Gasteiger partial charge in [0, 0.05) is 27.8 Å². The second-order valence-electron chi connectivity index (χ2n) is 4.19. The molecule has 96 valence electrons. The van der Waals surface area contributed by atoms with Gasteiger partial charge in [0.15, 0.2) is 0 Å². The summed E-state index contributed by atoms with van der Waals surface area (Å²) in [6, 6.07) is 11.5. The largest absolute Gasteiger partial charge is 0.381 e. The number of fused-ring (bicyclic) bond motifs is 1. The second kappa shape index (κ2) is 5.11. The molecule has 0 saturated heterocycles. The van der Waals surface area contributed by atoms with E-state index in [-0.39, 0.29) is 0 Å². The lowest BCUT2D eigenvalue weighted by Gasteiger charge is -2.09. The van der Waals surface area contributed by atoms with E-state index in [1.54, 1.807) is 6.33 Å². The average Bonchev–Trinajstić information content (AvgIpc) is 2.85. The lowest BCUT2D eigenvalue weighted by molar-refractivity contribution is 1.15. The number of H-pyrrole nitrogens is 1. The van der Waals surface area contributed by atoms with Crippen molar-refractivity contribution in [3.8, 4) is 0 Å². The van der Waals surface area contributed by atoms with Crippen LogP contribution in [0.15, 0.2) is 42.7 Å². The van der Waals surface area contributed by atoms with E-state index in [0.29, 0.717) is 16.6 Å². The number of aromatic amines is 1. The Hall–Kier alpha value is -1.71. The van der Waals surface area contributed by atoms with Gasteiger partial charge in [0.25, 0.3) is 0 Å². The van der Waals surface area contributed by atoms with Crippen LogP contribution >= 0.6 is 23.2 Å². The molecule has 0 fully saturated rings. The zero-order chi connectivity index (χ0) is 13.2. The highest BCUT2D eigenvalue weighted by atomic mass is 35.5. The van der Waals surface area contributed by atoms with Crippen molar-refractivity contribution in [3.05, 3.63) is 58.3 Å². The van der Waals surface area contributed by atoms with E-state index in [4.69, 9.17) is 23.2 Å². The maximum Gasteiger partial charge on any atom is 0.0931 e. The number of benzene rings is 2. The Morgan fingerprint density at radius 3 is 2.68 bits per heavy atom. The maximum absolute atomic E-state index is 6.13. The summed E-state index contributed by atoms with van der Waals surface area (Å²) in [6.07, 6.45) is 1.68. The Balaban J connectivity index is 1.82. The van der Waals surface area contributed by atoms with Crippen LogP contribution in [0.3, 0.4) is 0 Å². The molecule has 0 saturated carbocycles. The number of imidazole rings is 1. The van der Waals surface area contributed by atoms with Gasteiger partial charge in [-0.1, -0.05) is 29.3 Å². The molecule has 0 aliphatic carbocycles. The SMILES string of the molecule is Clc1cccc(Cl)c1CNc1ccc2nc[nH]c2c1. The predicted octanol–water partition coefficient (Wildman–Crippen LogP) is 4.48. The van der Waals surface area contributed by atoms with Crippen LogP contribution in [0.1, 0.15) is 5.56 Å². The first-order chi connectivity index (χ1) is 9.24. The lowest BCUT2D eigenvalue weighted by atomic mass is 10.2. The Kier molecular flexibility index (Phi) is 3.32. The molecule has 0 unspecified atom stereocenters. The zero-order valence-electron chi connectivity index (χ0n) is 9.95. The molecular formula is C14H11Cl2N3. The minimum atomic E-state index is 0.581. The lowest BCUT2D eigenvalue weighted by Crippen LogP contribution is -2.00. The summed E-state index contributed by atoms with van der Waals surface area (Å²) in [5, 5.41) is 4.65. The van der Waals surface area contributed by atoms with Crippen molar-refractivity contribution in [3.63, 3.8) is 0 Å². The molecular weight excluding hydrogens is 281 g/mol. The van der Waals surface area contributed by atoms with Crippen molar-refractivity contribution >= 4 is 39.9 Å². The minimum absolute atomic E-state index is 0.581. The first kappa shape index (κ1) is 12.3. The molecule has 1 aromatic heterocycles. The van der Waals surface area contributed by atoms with Crippen molar-refractivity contribution in [2.24, 2.45) is 0 Å². The van der Waals surface area contributed by atoms with Gasteiger partial charge >= 0.3 is 0 Å². The fourth-order valence-corrected chi connectivity index (χ4v) is 2.47. The predicted molar refractivity (Wildman–Crippen MR) is 79.9 cm³/mol. The van der Waals surface area contributed by atoms with Crippen molar-refractivity contribution in [1.82, 2.24) is 9.97 Å². The van der Waals surface area contributed by atoms with Crippen LogP contribution in [0.25, 0.3) is 11.0 Å². The summed E-state index contributed by atoms with van der Waals surface area (Å²) in [6.45, 7) is 0.581. The fraction of sp³-hybridized carbons (Fsp3) is 0.0714. The topological polar surface area (TPSA) is 40.7 Å². The molecule has 2 aromatic carbocycles. The zero-order valence-corrected chi connectivity index (χ0v) is 11.5. The number of nitrogens with zero attached hydrogens (tertiary/aromatic N) is 1. The molecule has 3 rings (SSSR count). The summed E-state index contributed by atoms with van der Waals surface area (Å²) < 4.78 is 0. The quantitative estimate of drug-likeness (QED) is 0.747. The average molecular weight is 292 g/mol. The molecule has 19 heavy (non-hydrogen) atoms. The number of anilines is 1. The molecule has 3 nitrogen and oxygen atoms in total. The number of hydrogen-bond donors (Lipinski definition) is 2. The van der Waals surface area contributed by atoms with Gasteiger partial charge in [0.05, 0.1) is 17.4 Å². The third kappa shape index (κ3) is 2.53. The number of aromatic nitrogens is 2. The number of nitrogens with one attached hydrogen (secondary N) is 2. The summed E-state index contributed by atoms with van der Waals surface area (Å²) in [4.78, 5) is 7.26. The highest BCUT2D eigenvalue weighted by molar-refractivity contribution is 6.36. The summed E-state index contributed by atoms with van der Waals surface area (Å²) in [7, 11) is 0. The van der Waals surface area contributed by atoms with Crippen molar-refractivity contribution < 1.29 is 0 Å². The molecule has 2 N–H and O–H groups in total. The third-order valence-electron chi connectivity index (χ3n) is 2.95. The first-order valence-corrected chi connectivity index (χ1v) is 6.59. The highest BCUT2D eigenvalue weighted by Gasteiger charge is 2.05. The van der Waals surface area contributed by atoms with Gasteiger partial charge < -0.3 is 10.3 Å². The van der Waals surface area contributed by atoms with Gasteiger partial charge in [-0.2, -0.15) is 0 Å². The van der Waals surface area contributed by atoms with E-state index < -0.39 is 0 Å². The van der Waals surface area contributed by atoms with Crippen LogP contribution in [0.2, 0.25) is 10.0 Å². The van der Waals surface area contributed by atoms with Crippen LogP contribution in [0.5, 0.6) is 0 Å². The van der Waals surface area contributed by atoms with E-state index in [1.807, 2.05) is 36.4 Å². The fourth-order valence-electron chi connectivity index (χ4n) is 1.94. The van der Waals surface area contributed by atoms with E-state index >= 15 is 0 Å². The molecule has 0 aliphatic rings. The van der Waals surface area contributed by atoms with E-state index in [9.17, 15) is 0 Å². The molecule has 0 aliphatic heterocycles. The van der Waals surface area contributed by atoms with Crippen molar-refractivity contribution in [2.75, 3.05) is 5.32 Å². The Labute approximate surface area is 120 Å². The van der Waals surface area contributed by atoms with Crippen LogP contribution in [-0.2, 0) is 6.54 Å². The third-order valence-corrected chi connectivity index (χ3v) is 3.66. The maximum atomic E-state index is 6.13. The smallest absolute Gasteiger partial charge is 0.0931 e. The van der Waals surface area contributed by atoms with Gasteiger partial charge in [-0.05, 0) is 30.3 Å². The molecule has 5 heteroatoms. The summed E-state index contributed by atoms with van der Waals surface area (Å²) >= 11 is 12.3. The molecule has 1 heterocycles. The van der Waals surface area contributed by atoms with E-state index in [0.717, 1.165) is 22.3 Å². The van der Waals surface area contributed by atoms with Crippen LogP contribution in [0.4, 0.5) is 5.69 Å². The molecule has 0 amide bonds. The molecule has 0 radical (unpaired) electrons. The molecule has 0 spiro atoms. The Bertz CT molecular complexity index is 701. The van der Waals surface area contributed by atoms with Gasteiger partial charge in [-0.3, -0.25) is 0 Å². The Morgan fingerprint density at radius 2 is 1.89 bits per heavy atom. The summed E-state index contributed by atoms with van der Waals surface area (Å²) in [5.74, 6) is 0. The van der Waals surface area contributed by atoms with E-state index in [1.165, 1.54) is 0 Å². The molecule has 0 bridgehead atoms. The number of halogens is 2. The Morgan fingerprint density at radius 1 is 1.11 bits per heavy atom. The van der Waals surface area contributed by atoms with Crippen molar-refractivity contribution in [2.45, 2.75) is 6.54 Å². The van der Waals surface area contributed by atoms with Gasteiger partial charge in [0.2, 0.25) is 0 Å². The number of hydrogen-bond acceptors (Lipinski definition) is 2. The van der Waals surface area contributed by atoms with Gasteiger partial charge in [-0.25, -0.2) is 4.98 Å². The normalized spacial score (nSPS) is 10.8. The molecule has 3 aromatic rings. The monoisotopic (exact) mass is 291 g/mol. The van der Waals surface area contributed by atoms with Crippen molar-refractivity contribution in [1.29, 1.82) is 0 Å². The summed E-state index contributed by atoms with van der Waals surface area (Å²) in [5.41, 5.74) is 3.83. The van der Waals surface area contributed by atoms with Crippen LogP contribution in [0, 0.1) is 0 Å². The van der Waals surface area contributed by atoms with E-state index in [2.05, 4.69) is 15.3 Å². The number of rotatable bonds is 3.